The van der Waals surface area contributed by atoms with E-state index >= 15 is 0 Å². The van der Waals surface area contributed by atoms with Crippen LogP contribution in [0.25, 0.3) is 0 Å². The van der Waals surface area contributed by atoms with E-state index in [1.807, 2.05) is 0 Å². The Morgan fingerprint density at radius 3 is 2.77 bits per heavy atom. The number of carbonyl (C=O) groups is 1. The van der Waals surface area contributed by atoms with Crippen LogP contribution in [-0.4, -0.2) is 13.2 Å². The number of nitrogens with two attached hydrogens (primary N) is 1. The topological polar surface area (TPSA) is 64.3 Å². The smallest absolute Gasteiger partial charge is 0.411 e. The number of hydrogen-bond donors (Lipinski definition) is 3. The van der Waals surface area contributed by atoms with Crippen molar-refractivity contribution in [2.75, 3.05) is 18.2 Å². The van der Waals surface area contributed by atoms with Crippen LogP contribution in [-0.2, 0) is 4.74 Å². The van der Waals surface area contributed by atoms with Crippen LogP contribution in [0.5, 0.6) is 0 Å². The summed E-state index contributed by atoms with van der Waals surface area (Å²) >= 11 is 4.10. The number of hydrogen-bond acceptors (Lipinski definition) is 4. The fraction of sp³-hybridized carbons (Fsp3) is 0.125. The van der Waals surface area contributed by atoms with Gasteiger partial charge in [0.2, 0.25) is 0 Å². The monoisotopic (exact) mass is 198 g/mol. The second-order valence-electron chi connectivity index (χ2n) is 2.43. The molecule has 0 fully saturated rings. The molecule has 5 heteroatoms. The van der Waals surface area contributed by atoms with E-state index in [1.54, 1.807) is 18.2 Å². The minimum absolute atomic E-state index is 0.529. The summed E-state index contributed by atoms with van der Waals surface area (Å²) in [7, 11) is 1.29. The first kappa shape index (κ1) is 9.73. The number of nitrogens with one attached hydrogen (secondary N) is 1. The van der Waals surface area contributed by atoms with Gasteiger partial charge in [-0.25, -0.2) is 4.79 Å². The van der Waals surface area contributed by atoms with Crippen molar-refractivity contribution in [1.29, 1.82) is 0 Å². The predicted molar refractivity (Wildman–Crippen MR) is 54.1 cm³/mol. The molecular weight excluding hydrogens is 188 g/mol. The summed E-state index contributed by atoms with van der Waals surface area (Å²) in [6.07, 6.45) is -0.529. The quantitative estimate of drug-likeness (QED) is 0.475. The highest BCUT2D eigenvalue weighted by molar-refractivity contribution is 7.80. The second-order valence-corrected chi connectivity index (χ2v) is 2.95. The zero-order valence-electron chi connectivity index (χ0n) is 7.07. The van der Waals surface area contributed by atoms with E-state index in [4.69, 9.17) is 5.73 Å². The van der Waals surface area contributed by atoms with Gasteiger partial charge < -0.3 is 10.5 Å². The summed E-state index contributed by atoms with van der Waals surface area (Å²) in [5.74, 6) is 0. The zero-order valence-corrected chi connectivity index (χ0v) is 7.97. The third-order valence-electron chi connectivity index (χ3n) is 1.37. The molecule has 0 aliphatic carbocycles. The Morgan fingerprint density at radius 2 is 2.23 bits per heavy atom. The van der Waals surface area contributed by atoms with E-state index in [0.717, 1.165) is 0 Å². The van der Waals surface area contributed by atoms with E-state index in [1.165, 1.54) is 7.11 Å². The molecule has 0 aromatic heterocycles. The van der Waals surface area contributed by atoms with Gasteiger partial charge in [0.25, 0.3) is 0 Å². The van der Waals surface area contributed by atoms with Crippen molar-refractivity contribution >= 4 is 30.1 Å². The van der Waals surface area contributed by atoms with Crippen LogP contribution in [0.1, 0.15) is 0 Å². The number of methoxy groups -OCH3 is 1. The molecule has 1 rings (SSSR count). The molecule has 1 amide bonds. The molecule has 1 aromatic rings. The van der Waals surface area contributed by atoms with E-state index in [9.17, 15) is 4.79 Å². The summed E-state index contributed by atoms with van der Waals surface area (Å²) in [4.78, 5) is 11.5. The van der Waals surface area contributed by atoms with Crippen molar-refractivity contribution in [1.82, 2.24) is 0 Å². The van der Waals surface area contributed by atoms with Crippen molar-refractivity contribution in [3.05, 3.63) is 18.2 Å². The van der Waals surface area contributed by atoms with Crippen LogP contribution in [0.2, 0.25) is 0 Å². The number of ether oxygens (including phenoxy) is 1. The number of rotatable bonds is 1. The van der Waals surface area contributed by atoms with Gasteiger partial charge in [-0.15, -0.1) is 12.6 Å². The maximum absolute atomic E-state index is 10.8. The molecule has 0 aliphatic rings. The van der Waals surface area contributed by atoms with Crippen LogP contribution in [0, 0.1) is 0 Å². The Morgan fingerprint density at radius 1 is 1.54 bits per heavy atom. The maximum Gasteiger partial charge on any atom is 0.411 e. The third-order valence-corrected chi connectivity index (χ3v) is 1.63. The lowest BCUT2D eigenvalue weighted by atomic mass is 10.3. The fourth-order valence-corrected chi connectivity index (χ4v) is 1.16. The van der Waals surface area contributed by atoms with Crippen molar-refractivity contribution in [3.8, 4) is 0 Å². The predicted octanol–water partition coefficient (Wildman–Crippen LogP) is 1.74. The lowest BCUT2D eigenvalue weighted by molar-refractivity contribution is 0.187. The SMILES string of the molecule is COC(=O)Nc1cc(N)cc(S)c1. The number of carbonyl (C=O) groups excluding carboxylic acids is 1. The average Bonchev–Trinajstić information content (AvgIpc) is 2.02. The van der Waals surface area contributed by atoms with Crippen LogP contribution >= 0.6 is 12.6 Å². The Bertz CT molecular complexity index is 308. The van der Waals surface area contributed by atoms with Crippen molar-refractivity contribution in [2.45, 2.75) is 4.90 Å². The van der Waals surface area contributed by atoms with Gasteiger partial charge in [-0.3, -0.25) is 5.32 Å². The molecule has 0 aliphatic heterocycles. The van der Waals surface area contributed by atoms with Crippen LogP contribution in [0.4, 0.5) is 16.2 Å². The van der Waals surface area contributed by atoms with Gasteiger partial charge in [0, 0.05) is 16.3 Å². The van der Waals surface area contributed by atoms with Gasteiger partial charge in [-0.1, -0.05) is 0 Å². The Hall–Kier alpha value is -1.36. The number of anilines is 2. The van der Waals surface area contributed by atoms with Crippen molar-refractivity contribution < 1.29 is 9.53 Å². The lowest BCUT2D eigenvalue weighted by Gasteiger charge is -2.05. The molecule has 0 unspecified atom stereocenters. The first-order chi connectivity index (χ1) is 6.11. The molecule has 0 heterocycles. The van der Waals surface area contributed by atoms with E-state index in [-0.39, 0.29) is 0 Å². The molecule has 1 aromatic carbocycles. The summed E-state index contributed by atoms with van der Waals surface area (Å²) < 4.78 is 4.42. The molecule has 70 valence electrons. The Kier molecular flexibility index (Phi) is 3.02. The van der Waals surface area contributed by atoms with E-state index in [0.29, 0.717) is 16.3 Å². The van der Waals surface area contributed by atoms with E-state index < -0.39 is 6.09 Å². The highest BCUT2D eigenvalue weighted by Gasteiger charge is 2.01. The molecule has 0 saturated carbocycles. The maximum atomic E-state index is 10.8. The summed E-state index contributed by atoms with van der Waals surface area (Å²) in [6.45, 7) is 0. The van der Waals surface area contributed by atoms with Gasteiger partial charge in [0.05, 0.1) is 7.11 Å². The number of thiol groups is 1. The van der Waals surface area contributed by atoms with Crippen molar-refractivity contribution in [3.63, 3.8) is 0 Å². The average molecular weight is 198 g/mol. The highest BCUT2D eigenvalue weighted by Crippen LogP contribution is 2.18. The van der Waals surface area contributed by atoms with E-state index in [2.05, 4.69) is 22.7 Å². The molecule has 4 nitrogen and oxygen atoms in total. The fourth-order valence-electron chi connectivity index (χ4n) is 0.876. The molecular formula is C8H10N2O2S. The first-order valence-corrected chi connectivity index (χ1v) is 4.01. The molecule has 0 atom stereocenters. The van der Waals surface area contributed by atoms with Crippen LogP contribution in [0.15, 0.2) is 23.1 Å². The van der Waals surface area contributed by atoms with Gasteiger partial charge >= 0.3 is 6.09 Å². The normalized spacial score (nSPS) is 9.38. The summed E-state index contributed by atoms with van der Waals surface area (Å²) in [5, 5.41) is 2.48. The Labute approximate surface area is 81.5 Å². The van der Waals surface area contributed by atoms with Gasteiger partial charge in [0.1, 0.15) is 0 Å². The molecule has 0 saturated heterocycles. The number of nitrogen functional groups attached to an aromatic ring is 1. The molecule has 0 bridgehead atoms. The standard InChI is InChI=1S/C8H10N2O2S/c1-12-8(11)10-6-2-5(9)3-7(13)4-6/h2-4,13H,9H2,1H3,(H,10,11). The Balaban J connectivity index is 2.83. The van der Waals surface area contributed by atoms with Crippen LogP contribution in [0.3, 0.4) is 0 Å². The largest absolute Gasteiger partial charge is 0.453 e. The van der Waals surface area contributed by atoms with Crippen molar-refractivity contribution in [2.24, 2.45) is 0 Å². The molecule has 13 heavy (non-hydrogen) atoms. The lowest BCUT2D eigenvalue weighted by Crippen LogP contribution is -2.11. The summed E-state index contributed by atoms with van der Waals surface area (Å²) in [6, 6.07) is 4.98. The molecule has 3 N–H and O–H groups in total. The van der Waals surface area contributed by atoms with Gasteiger partial charge in [-0.05, 0) is 18.2 Å². The van der Waals surface area contributed by atoms with Crippen LogP contribution < -0.4 is 11.1 Å². The second kappa shape index (κ2) is 4.04. The third kappa shape index (κ3) is 2.87. The summed E-state index contributed by atoms with van der Waals surface area (Å²) in [5.41, 5.74) is 6.64. The minimum Gasteiger partial charge on any atom is -0.453 e. The van der Waals surface area contributed by atoms with Gasteiger partial charge in [0.15, 0.2) is 0 Å². The molecule has 0 spiro atoms. The highest BCUT2D eigenvalue weighted by atomic mass is 32.1. The van der Waals surface area contributed by atoms with Gasteiger partial charge in [-0.2, -0.15) is 0 Å². The minimum atomic E-state index is -0.529. The molecule has 0 radical (unpaired) electrons. The zero-order chi connectivity index (χ0) is 9.84. The first-order valence-electron chi connectivity index (χ1n) is 3.56. The number of benzene rings is 1. The number of amides is 1.